The molecule has 0 spiro atoms. The van der Waals surface area contributed by atoms with Crippen LogP contribution in [0.5, 0.6) is 0 Å². The minimum absolute atomic E-state index is 0.0302. The summed E-state index contributed by atoms with van der Waals surface area (Å²) in [6, 6.07) is 2.74. The Kier molecular flexibility index (Phi) is 8.69. The predicted molar refractivity (Wildman–Crippen MR) is 127 cm³/mol. The van der Waals surface area contributed by atoms with Crippen LogP contribution in [0, 0.1) is 5.92 Å². The van der Waals surface area contributed by atoms with Crippen LogP contribution in [0.25, 0.3) is 0 Å². The Balaban J connectivity index is 2.07. The highest BCUT2D eigenvalue weighted by molar-refractivity contribution is 7.92. The number of nitrogens with zero attached hydrogens (tertiary/aromatic N) is 2. The van der Waals surface area contributed by atoms with Gasteiger partial charge in [0.2, 0.25) is 20.0 Å². The number of rotatable bonds is 11. The summed E-state index contributed by atoms with van der Waals surface area (Å²) in [6.07, 6.45) is 2.61. The van der Waals surface area contributed by atoms with Crippen LogP contribution < -0.4 is 42.7 Å². The third-order valence-corrected chi connectivity index (χ3v) is 8.46. The van der Waals surface area contributed by atoms with Crippen molar-refractivity contribution in [1.82, 2.24) is 21.2 Å². The number of primary sulfonamides is 1. The first-order valence-electron chi connectivity index (χ1n) is 10.9. The first-order valence-corrected chi connectivity index (χ1v) is 14.0. The molecule has 0 bridgehead atoms. The van der Waals surface area contributed by atoms with E-state index in [4.69, 9.17) is 16.6 Å². The third-order valence-electron chi connectivity index (χ3n) is 5.87. The van der Waals surface area contributed by atoms with E-state index in [0.717, 1.165) is 25.7 Å². The number of nitrogens with one attached hydrogen (secondary N) is 4. The maximum atomic E-state index is 13.0. The number of benzene rings is 1. The van der Waals surface area contributed by atoms with Crippen molar-refractivity contribution in [3.63, 3.8) is 0 Å². The molecule has 0 amide bonds. The number of hydrogen-bond acceptors (Lipinski definition) is 12. The molecule has 1 aromatic rings. The number of amidine groups is 1. The Morgan fingerprint density at radius 3 is 2.47 bits per heavy atom. The number of nitrogens with two attached hydrogens (primary N) is 3. The van der Waals surface area contributed by atoms with Gasteiger partial charge in [-0.3, -0.25) is 5.43 Å². The van der Waals surface area contributed by atoms with Crippen molar-refractivity contribution in [3.05, 3.63) is 17.7 Å². The standard InChI is InChI=1S/C18H33N9O5S2/c19-7-1-2-12-5-8-27(9-6-12)14-3-4-15(34(31,32)22-11-13(28)10-20)17(33(21,29)30)16(14)18-23-25-26-24-18/h3-4,12-13,22,25-26,28H,1-2,5-11,19-20H2,(H,23,24)(H2,21,29,30)/t13-/m1/s1. The van der Waals surface area contributed by atoms with Gasteiger partial charge in [0.25, 0.3) is 0 Å². The first-order chi connectivity index (χ1) is 16.1. The quantitative estimate of drug-likeness (QED) is 0.148. The molecule has 0 unspecified atom stereocenters. The summed E-state index contributed by atoms with van der Waals surface area (Å²) in [6.45, 7) is 1.37. The van der Waals surface area contributed by atoms with Gasteiger partial charge >= 0.3 is 0 Å². The third kappa shape index (κ3) is 6.14. The maximum Gasteiger partial charge on any atom is 0.242 e. The SMILES string of the molecule is NCCCC1CCN(c2ccc(S(=O)(=O)NC[C@H](O)CN)c(S(N)(=O)=O)c2C2=NNNN2)CC1. The Hall–Kier alpha value is -2.05. The predicted octanol–water partition coefficient (Wildman–Crippen LogP) is -2.84. The molecule has 0 saturated carbocycles. The zero-order valence-corrected chi connectivity index (χ0v) is 20.3. The van der Waals surface area contributed by atoms with Crippen LogP contribution in [0.2, 0.25) is 0 Å². The molecule has 2 aliphatic heterocycles. The molecule has 34 heavy (non-hydrogen) atoms. The van der Waals surface area contributed by atoms with E-state index in [1.165, 1.54) is 6.07 Å². The van der Waals surface area contributed by atoms with Gasteiger partial charge in [0.05, 0.1) is 11.7 Å². The van der Waals surface area contributed by atoms with E-state index in [0.29, 0.717) is 31.2 Å². The Labute approximate surface area is 199 Å². The van der Waals surface area contributed by atoms with Crippen LogP contribution in [-0.2, 0) is 20.0 Å². The van der Waals surface area contributed by atoms with Crippen LogP contribution in [0.3, 0.4) is 0 Å². The highest BCUT2D eigenvalue weighted by Crippen LogP contribution is 2.35. The summed E-state index contributed by atoms with van der Waals surface area (Å²) in [5.41, 5.74) is 19.2. The molecule has 1 atom stereocenters. The van der Waals surface area contributed by atoms with Crippen molar-refractivity contribution < 1.29 is 21.9 Å². The van der Waals surface area contributed by atoms with E-state index in [2.05, 4.69) is 26.3 Å². The molecular formula is C18H33N9O5S2. The lowest BCUT2D eigenvalue weighted by atomic mass is 9.91. The average Bonchev–Trinajstić information content (AvgIpc) is 3.34. The lowest BCUT2D eigenvalue weighted by Crippen LogP contribution is -2.40. The average molecular weight is 520 g/mol. The molecule has 3 rings (SSSR count). The lowest BCUT2D eigenvalue weighted by Gasteiger charge is -2.35. The largest absolute Gasteiger partial charge is 0.390 e. The van der Waals surface area contributed by atoms with Crippen molar-refractivity contribution in [1.29, 1.82) is 0 Å². The van der Waals surface area contributed by atoms with Gasteiger partial charge in [-0.05, 0) is 50.3 Å². The van der Waals surface area contributed by atoms with E-state index in [9.17, 15) is 21.9 Å². The molecule has 11 N–H and O–H groups in total. The number of piperidine rings is 1. The summed E-state index contributed by atoms with van der Waals surface area (Å²) >= 11 is 0. The number of anilines is 1. The summed E-state index contributed by atoms with van der Waals surface area (Å²) < 4.78 is 53.7. The van der Waals surface area contributed by atoms with E-state index < -0.39 is 42.5 Å². The minimum atomic E-state index is -4.54. The molecule has 14 nitrogen and oxygen atoms in total. The van der Waals surface area contributed by atoms with E-state index in [1.807, 2.05) is 4.90 Å². The monoisotopic (exact) mass is 519 g/mol. The summed E-state index contributed by atoms with van der Waals surface area (Å²) in [7, 11) is -8.91. The zero-order chi connectivity index (χ0) is 24.9. The smallest absolute Gasteiger partial charge is 0.242 e. The van der Waals surface area contributed by atoms with Gasteiger partial charge < -0.3 is 21.5 Å². The van der Waals surface area contributed by atoms with Gasteiger partial charge in [-0.1, -0.05) is 0 Å². The van der Waals surface area contributed by atoms with Crippen LogP contribution in [0.15, 0.2) is 27.0 Å². The molecule has 0 aromatic heterocycles. The van der Waals surface area contributed by atoms with Crippen molar-refractivity contribution in [3.8, 4) is 0 Å². The Bertz CT molecular complexity index is 1100. The number of aliphatic hydroxyl groups excluding tert-OH is 1. The second kappa shape index (κ2) is 11.1. The number of aliphatic hydroxyl groups is 1. The molecule has 0 radical (unpaired) electrons. The second-order valence-electron chi connectivity index (χ2n) is 8.26. The van der Waals surface area contributed by atoms with Gasteiger partial charge in [0, 0.05) is 31.9 Å². The normalized spacial score (nSPS) is 18.4. The maximum absolute atomic E-state index is 13.0. The van der Waals surface area contributed by atoms with Gasteiger partial charge in [-0.2, -0.15) is 0 Å². The molecule has 2 aliphatic rings. The molecule has 2 heterocycles. The number of sulfonamides is 2. The molecule has 1 aromatic carbocycles. The molecule has 192 valence electrons. The number of hydrazine groups is 2. The van der Waals surface area contributed by atoms with E-state index in [1.54, 1.807) is 6.07 Å². The van der Waals surface area contributed by atoms with Crippen LogP contribution >= 0.6 is 0 Å². The topological polar surface area (TPSA) is 230 Å². The zero-order valence-electron chi connectivity index (χ0n) is 18.7. The van der Waals surface area contributed by atoms with E-state index >= 15 is 0 Å². The first kappa shape index (κ1) is 26.6. The molecular weight excluding hydrogens is 486 g/mol. The second-order valence-corrected chi connectivity index (χ2v) is 11.5. The summed E-state index contributed by atoms with van der Waals surface area (Å²) in [4.78, 5) is 0.849. The summed E-state index contributed by atoms with van der Waals surface area (Å²) in [5, 5.41) is 19.2. The summed E-state index contributed by atoms with van der Waals surface area (Å²) in [5.74, 6) is 0.590. The highest BCUT2D eigenvalue weighted by atomic mass is 32.2. The minimum Gasteiger partial charge on any atom is -0.390 e. The van der Waals surface area contributed by atoms with Crippen molar-refractivity contribution in [2.45, 2.75) is 41.6 Å². The van der Waals surface area contributed by atoms with Crippen LogP contribution in [0.4, 0.5) is 5.69 Å². The van der Waals surface area contributed by atoms with Crippen molar-refractivity contribution >= 4 is 31.6 Å². The van der Waals surface area contributed by atoms with Gasteiger partial charge in [-0.25, -0.2) is 32.2 Å². The van der Waals surface area contributed by atoms with Crippen molar-refractivity contribution in [2.24, 2.45) is 27.6 Å². The van der Waals surface area contributed by atoms with Gasteiger partial charge in [-0.15, -0.1) is 10.6 Å². The van der Waals surface area contributed by atoms with Crippen LogP contribution in [0.1, 0.15) is 31.2 Å². The number of hydrazone groups is 1. The van der Waals surface area contributed by atoms with Gasteiger partial charge in [0.1, 0.15) is 9.79 Å². The Morgan fingerprint density at radius 1 is 1.21 bits per heavy atom. The molecule has 0 aliphatic carbocycles. The molecule has 1 saturated heterocycles. The fraction of sp³-hybridized carbons (Fsp3) is 0.611. The van der Waals surface area contributed by atoms with Gasteiger partial charge in [0.15, 0.2) is 5.84 Å². The number of hydrogen-bond donors (Lipinski definition) is 8. The Morgan fingerprint density at radius 2 is 1.91 bits per heavy atom. The van der Waals surface area contributed by atoms with Crippen LogP contribution in [-0.4, -0.2) is 66.6 Å². The lowest BCUT2D eigenvalue weighted by molar-refractivity contribution is 0.186. The fourth-order valence-electron chi connectivity index (χ4n) is 4.09. The van der Waals surface area contributed by atoms with Crippen molar-refractivity contribution in [2.75, 3.05) is 37.6 Å². The van der Waals surface area contributed by atoms with E-state index in [-0.39, 0.29) is 17.9 Å². The molecule has 16 heteroatoms. The fourth-order valence-corrected chi connectivity index (χ4v) is 6.77. The highest BCUT2D eigenvalue weighted by Gasteiger charge is 2.34. The molecule has 1 fully saturated rings.